The van der Waals surface area contributed by atoms with Gasteiger partial charge in [-0.2, -0.15) is 0 Å². The van der Waals surface area contributed by atoms with Crippen molar-refractivity contribution in [1.29, 1.82) is 0 Å². The van der Waals surface area contributed by atoms with Gasteiger partial charge in [0.05, 0.1) is 5.56 Å². The molecule has 0 aliphatic carbocycles. The summed E-state index contributed by atoms with van der Waals surface area (Å²) in [5.41, 5.74) is 9.92. The lowest BCUT2D eigenvalue weighted by Gasteiger charge is -2.33. The van der Waals surface area contributed by atoms with Crippen LogP contribution in [0.4, 0.5) is 13.2 Å². The topological polar surface area (TPSA) is 59.2 Å². The molecule has 38 heavy (non-hydrogen) atoms. The third-order valence-corrected chi connectivity index (χ3v) is 7.38. The number of halogens is 4. The van der Waals surface area contributed by atoms with Gasteiger partial charge in [0.2, 0.25) is 5.91 Å². The lowest BCUT2D eigenvalue weighted by molar-refractivity contribution is 0.100. The average molecular weight is 536 g/mol. The largest absolute Gasteiger partial charge is 0.366 e. The van der Waals surface area contributed by atoms with Crippen molar-refractivity contribution in [3.8, 4) is 22.3 Å². The van der Waals surface area contributed by atoms with E-state index in [1.54, 1.807) is 12.1 Å². The van der Waals surface area contributed by atoms with Crippen LogP contribution in [0.15, 0.2) is 72.9 Å². The molecule has 1 aliphatic heterocycles. The van der Waals surface area contributed by atoms with Crippen molar-refractivity contribution in [2.45, 2.75) is 25.3 Å². The molecule has 2 heterocycles. The van der Waals surface area contributed by atoms with Crippen LogP contribution in [0, 0.1) is 17.5 Å². The summed E-state index contributed by atoms with van der Waals surface area (Å²) in [5, 5.41) is 0.00933. The summed E-state index contributed by atoms with van der Waals surface area (Å²) in [4.78, 5) is 18.4. The number of nitrogens with zero attached hydrogens (tertiary/aromatic N) is 2. The van der Waals surface area contributed by atoms with E-state index in [0.717, 1.165) is 55.2 Å². The van der Waals surface area contributed by atoms with Crippen molar-refractivity contribution in [2.24, 2.45) is 5.73 Å². The third kappa shape index (κ3) is 5.44. The van der Waals surface area contributed by atoms with Gasteiger partial charge in [-0.05, 0) is 90.0 Å². The molecule has 0 atom stereocenters. The smallest absolute Gasteiger partial charge is 0.249 e. The first kappa shape index (κ1) is 25.9. The minimum atomic E-state index is -1.03. The van der Waals surface area contributed by atoms with E-state index in [1.807, 2.05) is 12.1 Å². The first-order chi connectivity index (χ1) is 18.3. The second-order valence-corrected chi connectivity index (χ2v) is 9.85. The van der Waals surface area contributed by atoms with Gasteiger partial charge in [-0.15, -0.1) is 0 Å². The van der Waals surface area contributed by atoms with Crippen molar-refractivity contribution in [2.75, 3.05) is 13.1 Å². The van der Waals surface area contributed by atoms with E-state index >= 15 is 0 Å². The van der Waals surface area contributed by atoms with Crippen LogP contribution in [-0.2, 0) is 6.54 Å². The van der Waals surface area contributed by atoms with Gasteiger partial charge in [0.1, 0.15) is 11.0 Å². The Bertz CT molecular complexity index is 1470. The minimum Gasteiger partial charge on any atom is -0.366 e. The number of carbonyl (C=O) groups excluding carboxylic acids is 1. The second kappa shape index (κ2) is 11.0. The number of pyridine rings is 1. The summed E-state index contributed by atoms with van der Waals surface area (Å²) in [6.45, 7) is 2.26. The molecule has 0 saturated carbocycles. The molecule has 8 heteroatoms. The Hall–Kier alpha value is -3.68. The number of hydrogen-bond acceptors (Lipinski definition) is 3. The molecule has 1 saturated heterocycles. The summed E-state index contributed by atoms with van der Waals surface area (Å²) in [6, 6.07) is 18.3. The number of hydrogen-bond donors (Lipinski definition) is 1. The highest BCUT2D eigenvalue weighted by Gasteiger charge is 2.27. The number of nitrogens with two attached hydrogens (primary N) is 1. The number of primary amides is 1. The van der Waals surface area contributed by atoms with Crippen LogP contribution in [-0.4, -0.2) is 28.9 Å². The van der Waals surface area contributed by atoms with E-state index < -0.39 is 17.5 Å². The van der Waals surface area contributed by atoms with Crippen LogP contribution < -0.4 is 5.73 Å². The molecule has 0 unspecified atom stereocenters. The van der Waals surface area contributed by atoms with Crippen LogP contribution in [0.1, 0.15) is 40.2 Å². The van der Waals surface area contributed by atoms with Crippen molar-refractivity contribution >= 4 is 17.5 Å². The Morgan fingerprint density at radius 3 is 2.16 bits per heavy atom. The summed E-state index contributed by atoms with van der Waals surface area (Å²) in [5.74, 6) is -3.02. The predicted molar refractivity (Wildman–Crippen MR) is 142 cm³/mol. The highest BCUT2D eigenvalue weighted by Crippen LogP contribution is 2.40. The number of carbonyl (C=O) groups is 1. The number of benzene rings is 3. The zero-order valence-corrected chi connectivity index (χ0v) is 21.2. The van der Waals surface area contributed by atoms with Crippen molar-refractivity contribution in [1.82, 2.24) is 9.88 Å². The fraction of sp³-hybridized carbons (Fsp3) is 0.200. The number of likely N-dealkylation sites (tertiary alicyclic amines) is 1. The molecule has 4 nitrogen and oxygen atoms in total. The summed E-state index contributed by atoms with van der Waals surface area (Å²) < 4.78 is 41.9. The maximum absolute atomic E-state index is 14.4. The molecule has 1 fully saturated rings. The normalized spacial score (nSPS) is 14.5. The molecule has 194 valence electrons. The van der Waals surface area contributed by atoms with Crippen LogP contribution in [0.5, 0.6) is 0 Å². The second-order valence-electron chi connectivity index (χ2n) is 9.50. The summed E-state index contributed by atoms with van der Waals surface area (Å²) >= 11 is 6.32. The van der Waals surface area contributed by atoms with Crippen LogP contribution in [0.25, 0.3) is 22.3 Å². The molecule has 4 aromatic rings. The zero-order chi connectivity index (χ0) is 26.8. The Kier molecular flexibility index (Phi) is 7.49. The number of piperidine rings is 1. The van der Waals surface area contributed by atoms with E-state index in [1.165, 1.54) is 30.5 Å². The molecule has 0 spiro atoms. The zero-order valence-electron chi connectivity index (χ0n) is 20.4. The molecule has 1 amide bonds. The summed E-state index contributed by atoms with van der Waals surface area (Å²) in [7, 11) is 0. The fourth-order valence-corrected chi connectivity index (χ4v) is 5.38. The fourth-order valence-electron chi connectivity index (χ4n) is 5.12. The quantitative estimate of drug-likeness (QED) is 0.271. The monoisotopic (exact) mass is 535 g/mol. The van der Waals surface area contributed by atoms with E-state index in [2.05, 4.69) is 22.0 Å². The predicted octanol–water partition coefficient (Wildman–Crippen LogP) is 6.96. The molecule has 3 aromatic carbocycles. The van der Waals surface area contributed by atoms with Gasteiger partial charge in [0, 0.05) is 18.3 Å². The van der Waals surface area contributed by atoms with Gasteiger partial charge in [-0.3, -0.25) is 9.69 Å². The van der Waals surface area contributed by atoms with E-state index in [0.29, 0.717) is 11.1 Å². The van der Waals surface area contributed by atoms with Crippen molar-refractivity contribution in [3.05, 3.63) is 112 Å². The molecule has 0 bridgehead atoms. The SMILES string of the molecule is NC(=O)c1ccnc(Cl)c1-c1cc(F)c(F)cc1C1CCN(Cc2ccc(-c3ccc(F)cc3)cc2)CC1. The maximum Gasteiger partial charge on any atom is 0.249 e. The van der Waals surface area contributed by atoms with Gasteiger partial charge in [-0.25, -0.2) is 18.2 Å². The molecular weight excluding hydrogens is 511 g/mol. The van der Waals surface area contributed by atoms with Gasteiger partial charge in [0.25, 0.3) is 0 Å². The van der Waals surface area contributed by atoms with E-state index in [9.17, 15) is 18.0 Å². The highest BCUT2D eigenvalue weighted by molar-refractivity contribution is 6.33. The molecule has 0 radical (unpaired) electrons. The minimum absolute atomic E-state index is 0.00933. The van der Waals surface area contributed by atoms with Crippen molar-refractivity contribution < 1.29 is 18.0 Å². The number of rotatable bonds is 6. The molecule has 5 rings (SSSR count). The number of aromatic nitrogens is 1. The highest BCUT2D eigenvalue weighted by atomic mass is 35.5. The van der Waals surface area contributed by atoms with Crippen LogP contribution in [0.2, 0.25) is 5.15 Å². The Balaban J connectivity index is 1.33. The Labute approximate surface area is 223 Å². The summed E-state index contributed by atoms with van der Waals surface area (Å²) in [6.07, 6.45) is 2.79. The average Bonchev–Trinajstić information content (AvgIpc) is 2.91. The van der Waals surface area contributed by atoms with Gasteiger partial charge >= 0.3 is 0 Å². The van der Waals surface area contributed by atoms with Gasteiger partial charge in [-0.1, -0.05) is 48.0 Å². The lowest BCUT2D eigenvalue weighted by atomic mass is 9.83. The first-order valence-electron chi connectivity index (χ1n) is 12.3. The van der Waals surface area contributed by atoms with E-state index in [4.69, 9.17) is 17.3 Å². The number of amides is 1. The van der Waals surface area contributed by atoms with Gasteiger partial charge in [0.15, 0.2) is 11.6 Å². The van der Waals surface area contributed by atoms with Crippen LogP contribution >= 0.6 is 11.6 Å². The Morgan fingerprint density at radius 1 is 0.921 bits per heavy atom. The standard InChI is InChI=1S/C30H25ClF3N3O/c31-29-28(23(30(35)38)9-12-36-29)25-16-27(34)26(33)15-24(25)21-10-13-37(14-11-21)17-18-1-3-19(4-2-18)20-5-7-22(32)8-6-20/h1-9,12,15-16,21H,10-11,13-14,17H2,(H2,35,38). The molecular formula is C30H25ClF3N3O. The van der Waals surface area contributed by atoms with Gasteiger partial charge < -0.3 is 5.73 Å². The molecule has 1 aliphatic rings. The molecule has 1 aromatic heterocycles. The van der Waals surface area contributed by atoms with Crippen molar-refractivity contribution in [3.63, 3.8) is 0 Å². The Morgan fingerprint density at radius 2 is 1.53 bits per heavy atom. The van der Waals surface area contributed by atoms with E-state index in [-0.39, 0.29) is 28.0 Å². The lowest BCUT2D eigenvalue weighted by Crippen LogP contribution is -2.32. The first-order valence-corrected chi connectivity index (χ1v) is 12.7. The third-order valence-electron chi connectivity index (χ3n) is 7.10. The van der Waals surface area contributed by atoms with Crippen LogP contribution in [0.3, 0.4) is 0 Å². The molecule has 2 N–H and O–H groups in total. The maximum atomic E-state index is 14.4.